The van der Waals surface area contributed by atoms with Gasteiger partial charge in [-0.25, -0.2) is 4.98 Å². The number of carbonyl (C=O) groups excluding carboxylic acids is 1. The maximum atomic E-state index is 12.4. The number of β-amino-alcohol motifs (C(OH)–C–C–N with tert-alkyl or cyclic N) is 1. The zero-order valence-electron chi connectivity index (χ0n) is 16.5. The van der Waals surface area contributed by atoms with E-state index in [0.29, 0.717) is 19.6 Å². The molecule has 1 aromatic carbocycles. The third-order valence-corrected chi connectivity index (χ3v) is 6.50. The molecule has 1 spiro atoms. The Labute approximate surface area is 174 Å². The third-order valence-electron chi connectivity index (χ3n) is 6.50. The Morgan fingerprint density at radius 1 is 1.23 bits per heavy atom. The first-order chi connectivity index (χ1) is 14.7. The predicted octanol–water partition coefficient (Wildman–Crippen LogP) is 1.14. The second-order valence-electron chi connectivity index (χ2n) is 8.13. The van der Waals surface area contributed by atoms with Crippen molar-refractivity contribution in [1.82, 2.24) is 25.5 Å². The SMILES string of the molecule is O=C(Cc1ccn[nH]1)NC[C@@H]1[C@@H](c2ccccc2)[C@]12CN(c1cnccn1)C[C@@H]2O. The lowest BCUT2D eigenvalue weighted by molar-refractivity contribution is -0.120. The van der Waals surface area contributed by atoms with Gasteiger partial charge in [-0.2, -0.15) is 5.10 Å². The summed E-state index contributed by atoms with van der Waals surface area (Å²) < 4.78 is 0. The molecule has 1 aliphatic heterocycles. The molecule has 3 heterocycles. The second-order valence-corrected chi connectivity index (χ2v) is 8.13. The highest BCUT2D eigenvalue weighted by Crippen LogP contribution is 2.68. The van der Waals surface area contributed by atoms with Crippen LogP contribution in [0.4, 0.5) is 5.82 Å². The molecule has 3 N–H and O–H groups in total. The van der Waals surface area contributed by atoms with E-state index in [0.717, 1.165) is 11.5 Å². The van der Waals surface area contributed by atoms with Crippen LogP contribution in [0.3, 0.4) is 0 Å². The Hall–Kier alpha value is -3.26. The van der Waals surface area contributed by atoms with Gasteiger partial charge in [0.05, 0.1) is 18.7 Å². The number of nitrogens with one attached hydrogen (secondary N) is 2. The summed E-state index contributed by atoms with van der Waals surface area (Å²) in [4.78, 5) is 23.1. The summed E-state index contributed by atoms with van der Waals surface area (Å²) in [6, 6.07) is 12.1. The van der Waals surface area contributed by atoms with Gasteiger partial charge in [0, 0.05) is 49.3 Å². The largest absolute Gasteiger partial charge is 0.391 e. The zero-order valence-corrected chi connectivity index (χ0v) is 16.5. The fourth-order valence-corrected chi connectivity index (χ4v) is 5.07. The molecule has 1 saturated carbocycles. The first-order valence-electron chi connectivity index (χ1n) is 10.2. The Morgan fingerprint density at radius 2 is 2.10 bits per heavy atom. The van der Waals surface area contributed by atoms with E-state index in [-0.39, 0.29) is 29.6 Å². The molecule has 8 nitrogen and oxygen atoms in total. The molecule has 1 saturated heterocycles. The molecule has 1 amide bonds. The van der Waals surface area contributed by atoms with Crippen LogP contribution in [0.15, 0.2) is 61.2 Å². The number of hydrogen-bond donors (Lipinski definition) is 3. The lowest BCUT2D eigenvalue weighted by atomic mass is 9.95. The van der Waals surface area contributed by atoms with Crippen LogP contribution in [0, 0.1) is 11.3 Å². The van der Waals surface area contributed by atoms with Crippen LogP contribution in [0.25, 0.3) is 0 Å². The van der Waals surface area contributed by atoms with Crippen LogP contribution in [-0.4, -0.2) is 56.9 Å². The number of aliphatic hydroxyl groups is 1. The molecule has 1 aliphatic carbocycles. The second kappa shape index (κ2) is 7.53. The number of hydrogen-bond acceptors (Lipinski definition) is 6. The Bertz CT molecular complexity index is 997. The molecule has 4 atom stereocenters. The van der Waals surface area contributed by atoms with E-state index < -0.39 is 6.10 Å². The molecule has 2 fully saturated rings. The van der Waals surface area contributed by atoms with Gasteiger partial charge in [-0.1, -0.05) is 30.3 Å². The van der Waals surface area contributed by atoms with Crippen LogP contribution in [0.5, 0.6) is 0 Å². The van der Waals surface area contributed by atoms with E-state index in [1.165, 1.54) is 5.56 Å². The number of anilines is 1. The summed E-state index contributed by atoms with van der Waals surface area (Å²) in [6.45, 7) is 1.73. The molecule has 0 radical (unpaired) electrons. The van der Waals surface area contributed by atoms with E-state index in [1.54, 1.807) is 30.9 Å². The van der Waals surface area contributed by atoms with Gasteiger partial charge >= 0.3 is 0 Å². The predicted molar refractivity (Wildman–Crippen MR) is 111 cm³/mol. The van der Waals surface area contributed by atoms with Gasteiger partial charge in [0.1, 0.15) is 5.82 Å². The summed E-state index contributed by atoms with van der Waals surface area (Å²) in [5.41, 5.74) is 1.68. The summed E-state index contributed by atoms with van der Waals surface area (Å²) >= 11 is 0. The number of H-pyrrole nitrogens is 1. The van der Waals surface area contributed by atoms with Crippen molar-refractivity contribution in [3.8, 4) is 0 Å². The number of aromatic amines is 1. The van der Waals surface area contributed by atoms with Crippen molar-refractivity contribution in [3.63, 3.8) is 0 Å². The maximum absolute atomic E-state index is 12.4. The number of aromatic nitrogens is 4. The highest BCUT2D eigenvalue weighted by molar-refractivity contribution is 5.78. The third kappa shape index (κ3) is 3.23. The summed E-state index contributed by atoms with van der Waals surface area (Å²) in [5, 5.41) is 20.9. The molecule has 5 rings (SSSR count). The van der Waals surface area contributed by atoms with Crippen LogP contribution in [0.1, 0.15) is 17.2 Å². The Kier molecular flexibility index (Phi) is 4.71. The van der Waals surface area contributed by atoms with Gasteiger partial charge in [0.25, 0.3) is 0 Å². The monoisotopic (exact) mass is 404 g/mol. The molecule has 3 aromatic rings. The average Bonchev–Trinajstić information content (AvgIpc) is 3.04. The molecular formula is C22H24N6O2. The number of carbonyl (C=O) groups is 1. The zero-order chi connectivity index (χ0) is 20.6. The van der Waals surface area contributed by atoms with Crippen molar-refractivity contribution >= 4 is 11.7 Å². The summed E-state index contributed by atoms with van der Waals surface area (Å²) in [6.07, 6.45) is 6.45. The first kappa shape index (κ1) is 18.7. The van der Waals surface area contributed by atoms with Crippen LogP contribution in [-0.2, 0) is 11.2 Å². The number of aliphatic hydroxyl groups excluding tert-OH is 1. The quantitative estimate of drug-likeness (QED) is 0.569. The Morgan fingerprint density at radius 3 is 2.83 bits per heavy atom. The number of amides is 1. The maximum Gasteiger partial charge on any atom is 0.226 e. The summed E-state index contributed by atoms with van der Waals surface area (Å²) in [5.74, 6) is 1.06. The van der Waals surface area contributed by atoms with Gasteiger partial charge in [-0.3, -0.25) is 14.9 Å². The number of benzene rings is 1. The highest BCUT2D eigenvalue weighted by atomic mass is 16.3. The Balaban J connectivity index is 1.34. The van der Waals surface area contributed by atoms with Crippen molar-refractivity contribution in [1.29, 1.82) is 0 Å². The topological polar surface area (TPSA) is 107 Å². The lowest BCUT2D eigenvalue weighted by Crippen LogP contribution is -2.31. The standard InChI is InChI=1S/C22H24N6O2/c29-18-13-28(19-12-23-8-9-24-19)14-22(18)17(21(22)15-4-2-1-3-5-15)11-25-20(30)10-16-6-7-26-27-16/h1-9,12,17-18,21,29H,10-11,13-14H2,(H,25,30)(H,26,27)/t17-,18+,21-,22-/m1/s1. The molecule has 8 heteroatoms. The fraction of sp³-hybridized carbons (Fsp3) is 0.364. The van der Waals surface area contributed by atoms with Gasteiger partial charge in [0.2, 0.25) is 5.91 Å². The van der Waals surface area contributed by atoms with Crippen molar-refractivity contribution in [2.45, 2.75) is 18.4 Å². The van der Waals surface area contributed by atoms with E-state index in [4.69, 9.17) is 0 Å². The van der Waals surface area contributed by atoms with E-state index in [1.807, 2.05) is 18.2 Å². The molecular weight excluding hydrogens is 380 g/mol. The van der Waals surface area contributed by atoms with E-state index in [2.05, 4.69) is 42.5 Å². The number of nitrogens with zero attached hydrogens (tertiary/aromatic N) is 4. The molecule has 30 heavy (non-hydrogen) atoms. The van der Waals surface area contributed by atoms with Crippen molar-refractivity contribution in [2.24, 2.45) is 11.3 Å². The van der Waals surface area contributed by atoms with Crippen molar-refractivity contribution in [3.05, 3.63) is 72.4 Å². The molecule has 0 bridgehead atoms. The van der Waals surface area contributed by atoms with Crippen LogP contribution >= 0.6 is 0 Å². The molecule has 0 unspecified atom stereocenters. The van der Waals surface area contributed by atoms with E-state index >= 15 is 0 Å². The minimum atomic E-state index is -0.501. The molecule has 2 aliphatic rings. The minimum Gasteiger partial charge on any atom is -0.391 e. The van der Waals surface area contributed by atoms with Gasteiger partial charge in [0.15, 0.2) is 0 Å². The smallest absolute Gasteiger partial charge is 0.226 e. The van der Waals surface area contributed by atoms with Crippen molar-refractivity contribution in [2.75, 3.05) is 24.5 Å². The fourth-order valence-electron chi connectivity index (χ4n) is 5.07. The average molecular weight is 404 g/mol. The molecule has 154 valence electrons. The van der Waals surface area contributed by atoms with Crippen molar-refractivity contribution < 1.29 is 9.90 Å². The van der Waals surface area contributed by atoms with E-state index in [9.17, 15) is 9.90 Å². The summed E-state index contributed by atoms with van der Waals surface area (Å²) in [7, 11) is 0. The van der Waals surface area contributed by atoms with Crippen LogP contribution < -0.4 is 10.2 Å². The number of rotatable bonds is 6. The van der Waals surface area contributed by atoms with Gasteiger partial charge in [-0.05, 0) is 23.5 Å². The lowest BCUT2D eigenvalue weighted by Gasteiger charge is -2.17. The van der Waals surface area contributed by atoms with Gasteiger partial charge in [-0.15, -0.1) is 0 Å². The highest BCUT2D eigenvalue weighted by Gasteiger charge is 2.71. The molecule has 2 aromatic heterocycles. The van der Waals surface area contributed by atoms with Gasteiger partial charge < -0.3 is 15.3 Å². The first-order valence-corrected chi connectivity index (χ1v) is 10.2. The normalized spacial score (nSPS) is 27.4. The minimum absolute atomic E-state index is 0.0496. The van der Waals surface area contributed by atoms with Crippen LogP contribution in [0.2, 0.25) is 0 Å².